The van der Waals surface area contributed by atoms with E-state index in [4.69, 9.17) is 10.8 Å². The first-order valence-electron chi connectivity index (χ1n) is 9.88. The molecule has 0 aromatic heterocycles. The van der Waals surface area contributed by atoms with E-state index >= 15 is 0 Å². The minimum Gasteiger partial charge on any atom is -0.480 e. The highest BCUT2D eigenvalue weighted by Gasteiger charge is 2.27. The van der Waals surface area contributed by atoms with Crippen LogP contribution in [0.5, 0.6) is 0 Å². The molecule has 0 rings (SSSR count). The predicted molar refractivity (Wildman–Crippen MR) is 114 cm³/mol. The number of aliphatic carboxylic acids is 1. The average molecular weight is 433 g/mol. The van der Waals surface area contributed by atoms with Gasteiger partial charge in [-0.1, -0.05) is 34.1 Å². The predicted octanol–water partition coefficient (Wildman–Crippen LogP) is 0.329. The third-order valence-electron chi connectivity index (χ3n) is 4.57. The van der Waals surface area contributed by atoms with Crippen LogP contribution < -0.4 is 21.7 Å². The van der Waals surface area contributed by atoms with Gasteiger partial charge in [-0.25, -0.2) is 4.79 Å². The summed E-state index contributed by atoms with van der Waals surface area (Å²) in [4.78, 5) is 48.1. The molecule has 4 atom stereocenters. The minimum atomic E-state index is -1.12. The number of amides is 3. The van der Waals surface area contributed by atoms with Crippen LogP contribution in [-0.2, 0) is 19.2 Å². The van der Waals surface area contributed by atoms with Crippen molar-refractivity contribution in [3.63, 3.8) is 0 Å². The summed E-state index contributed by atoms with van der Waals surface area (Å²) in [6.07, 6.45) is 3.25. The Balaban J connectivity index is 4.83. The Morgan fingerprint density at radius 2 is 1.66 bits per heavy atom. The number of hydrogen-bond donors (Lipinski definition) is 5. The zero-order valence-corrected chi connectivity index (χ0v) is 18.8. The van der Waals surface area contributed by atoms with Gasteiger partial charge >= 0.3 is 5.97 Å². The van der Waals surface area contributed by atoms with Gasteiger partial charge in [0.05, 0.1) is 12.6 Å². The van der Waals surface area contributed by atoms with Gasteiger partial charge in [0.25, 0.3) is 0 Å². The fourth-order valence-corrected chi connectivity index (χ4v) is 2.98. The largest absolute Gasteiger partial charge is 0.480 e. The second-order valence-electron chi connectivity index (χ2n) is 7.56. The first kappa shape index (κ1) is 27.2. The highest BCUT2D eigenvalue weighted by molar-refractivity contribution is 7.98. The number of thioether (sulfide) groups is 1. The Labute approximate surface area is 177 Å². The van der Waals surface area contributed by atoms with Crippen molar-refractivity contribution in [1.29, 1.82) is 0 Å². The topological polar surface area (TPSA) is 151 Å². The van der Waals surface area contributed by atoms with Crippen LogP contribution in [0.1, 0.15) is 47.0 Å². The lowest BCUT2D eigenvalue weighted by atomic mass is 9.97. The third kappa shape index (κ3) is 11.1. The smallest absolute Gasteiger partial charge is 0.326 e. The van der Waals surface area contributed by atoms with Crippen molar-refractivity contribution in [3.05, 3.63) is 0 Å². The maximum atomic E-state index is 12.5. The second kappa shape index (κ2) is 14.2. The molecule has 0 aromatic carbocycles. The molecule has 3 amide bonds. The van der Waals surface area contributed by atoms with E-state index in [-0.39, 0.29) is 24.8 Å². The average Bonchev–Trinajstić information content (AvgIpc) is 2.66. The van der Waals surface area contributed by atoms with Crippen LogP contribution in [-0.4, -0.2) is 65.5 Å². The number of carboxylic acid groups (broad SMARTS) is 1. The molecule has 10 heteroatoms. The lowest BCUT2D eigenvalue weighted by Gasteiger charge is -2.24. The molecule has 0 radical (unpaired) electrons. The van der Waals surface area contributed by atoms with E-state index in [1.807, 2.05) is 34.0 Å². The molecular formula is C19H36N4O5S. The summed E-state index contributed by atoms with van der Waals surface area (Å²) in [7, 11) is 0. The Morgan fingerprint density at radius 1 is 1.03 bits per heavy atom. The van der Waals surface area contributed by atoms with Gasteiger partial charge in [0.15, 0.2) is 0 Å². The van der Waals surface area contributed by atoms with Gasteiger partial charge in [-0.2, -0.15) is 11.8 Å². The number of nitrogens with two attached hydrogens (primary N) is 1. The third-order valence-corrected chi connectivity index (χ3v) is 5.21. The van der Waals surface area contributed by atoms with E-state index in [1.54, 1.807) is 0 Å². The first-order valence-corrected chi connectivity index (χ1v) is 11.3. The Hall–Kier alpha value is -1.81. The fraction of sp³-hybridized carbons (Fsp3) is 0.789. The highest BCUT2D eigenvalue weighted by Crippen LogP contribution is 2.09. The van der Waals surface area contributed by atoms with Crippen molar-refractivity contribution in [2.45, 2.75) is 65.1 Å². The maximum Gasteiger partial charge on any atom is 0.326 e. The summed E-state index contributed by atoms with van der Waals surface area (Å²) in [5.41, 5.74) is 5.93. The van der Waals surface area contributed by atoms with Gasteiger partial charge in [0.1, 0.15) is 12.1 Å². The molecule has 4 unspecified atom stereocenters. The molecule has 0 spiro atoms. The zero-order chi connectivity index (χ0) is 22.6. The number of carbonyl (C=O) groups is 4. The summed E-state index contributed by atoms with van der Waals surface area (Å²) < 4.78 is 0. The van der Waals surface area contributed by atoms with E-state index in [0.29, 0.717) is 12.2 Å². The molecule has 0 saturated carbocycles. The summed E-state index contributed by atoms with van der Waals surface area (Å²) in [5, 5.41) is 16.7. The van der Waals surface area contributed by atoms with Gasteiger partial charge < -0.3 is 26.8 Å². The SMILES string of the molecule is CCC(C)C(N)C(=O)NC(CC(C)C)C(=O)NCC(=O)NC(CCSC)C(=O)O. The number of rotatable bonds is 14. The molecule has 0 aliphatic heterocycles. The molecule has 0 aromatic rings. The van der Waals surface area contributed by atoms with Crippen molar-refractivity contribution >= 4 is 35.5 Å². The number of hydrogen-bond acceptors (Lipinski definition) is 6. The molecular weight excluding hydrogens is 396 g/mol. The lowest BCUT2D eigenvalue weighted by Crippen LogP contribution is -2.54. The van der Waals surface area contributed by atoms with Crippen LogP contribution in [0.4, 0.5) is 0 Å². The van der Waals surface area contributed by atoms with Crippen LogP contribution in [0.25, 0.3) is 0 Å². The molecule has 6 N–H and O–H groups in total. The van der Waals surface area contributed by atoms with E-state index in [9.17, 15) is 19.2 Å². The molecule has 0 aliphatic carbocycles. The second-order valence-corrected chi connectivity index (χ2v) is 8.55. The minimum absolute atomic E-state index is 0.0298. The molecule has 0 saturated heterocycles. The molecule has 29 heavy (non-hydrogen) atoms. The number of carboxylic acids is 1. The Bertz CT molecular complexity index is 559. The quantitative estimate of drug-likeness (QED) is 0.265. The first-order chi connectivity index (χ1) is 13.5. The summed E-state index contributed by atoms with van der Waals surface area (Å²) >= 11 is 1.48. The van der Waals surface area contributed by atoms with Crippen molar-refractivity contribution in [2.75, 3.05) is 18.6 Å². The molecule has 0 bridgehead atoms. The molecule has 168 valence electrons. The van der Waals surface area contributed by atoms with Crippen LogP contribution in [0, 0.1) is 11.8 Å². The van der Waals surface area contributed by atoms with E-state index in [0.717, 1.165) is 6.42 Å². The van der Waals surface area contributed by atoms with E-state index in [1.165, 1.54) is 11.8 Å². The maximum absolute atomic E-state index is 12.5. The lowest BCUT2D eigenvalue weighted by molar-refractivity contribution is -0.141. The molecule has 0 fully saturated rings. The standard InChI is InChI=1S/C19H36N4O5S/c1-6-12(4)16(20)18(26)23-14(9-11(2)3)17(25)21-10-15(24)22-13(19(27)28)7-8-29-5/h11-14,16H,6-10,20H2,1-5H3,(H,21,25)(H,22,24)(H,23,26)(H,27,28). The van der Waals surface area contributed by atoms with Gasteiger partial charge in [-0.05, 0) is 36.7 Å². The van der Waals surface area contributed by atoms with Gasteiger partial charge in [0, 0.05) is 0 Å². The monoisotopic (exact) mass is 432 g/mol. The summed E-state index contributed by atoms with van der Waals surface area (Å²) in [6, 6.07) is -2.55. The van der Waals surface area contributed by atoms with Crippen molar-refractivity contribution in [1.82, 2.24) is 16.0 Å². The molecule has 0 heterocycles. The van der Waals surface area contributed by atoms with Crippen LogP contribution in [0.2, 0.25) is 0 Å². The Morgan fingerprint density at radius 3 is 2.14 bits per heavy atom. The van der Waals surface area contributed by atoms with Crippen LogP contribution >= 0.6 is 11.8 Å². The number of carbonyl (C=O) groups excluding carboxylic acids is 3. The van der Waals surface area contributed by atoms with Crippen molar-refractivity contribution < 1.29 is 24.3 Å². The van der Waals surface area contributed by atoms with Crippen LogP contribution in [0.15, 0.2) is 0 Å². The van der Waals surface area contributed by atoms with Crippen molar-refractivity contribution in [3.8, 4) is 0 Å². The van der Waals surface area contributed by atoms with Gasteiger partial charge in [-0.3, -0.25) is 14.4 Å². The molecule has 9 nitrogen and oxygen atoms in total. The highest BCUT2D eigenvalue weighted by atomic mass is 32.2. The fourth-order valence-electron chi connectivity index (χ4n) is 2.51. The summed E-state index contributed by atoms with van der Waals surface area (Å²) in [6.45, 7) is 7.25. The summed E-state index contributed by atoms with van der Waals surface area (Å²) in [5.74, 6) is -1.95. The van der Waals surface area contributed by atoms with Gasteiger partial charge in [-0.15, -0.1) is 0 Å². The van der Waals surface area contributed by atoms with E-state index in [2.05, 4.69) is 16.0 Å². The van der Waals surface area contributed by atoms with Crippen molar-refractivity contribution in [2.24, 2.45) is 17.6 Å². The number of nitrogens with one attached hydrogen (secondary N) is 3. The van der Waals surface area contributed by atoms with E-state index < -0.39 is 41.8 Å². The molecule has 0 aliphatic rings. The zero-order valence-electron chi connectivity index (χ0n) is 18.0. The van der Waals surface area contributed by atoms with Crippen LogP contribution in [0.3, 0.4) is 0 Å². The normalized spacial score (nSPS) is 15.1. The Kier molecular flexibility index (Phi) is 13.3. The van der Waals surface area contributed by atoms with Gasteiger partial charge in [0.2, 0.25) is 17.7 Å².